The first-order chi connectivity index (χ1) is 12.3. The van der Waals surface area contributed by atoms with Crippen molar-refractivity contribution in [2.75, 3.05) is 17.6 Å². The highest BCUT2D eigenvalue weighted by Crippen LogP contribution is 2.25. The zero-order valence-corrected chi connectivity index (χ0v) is 16.6. The zero-order chi connectivity index (χ0) is 19.2. The highest BCUT2D eigenvalue weighted by molar-refractivity contribution is 8.00. The number of benzene rings is 2. The van der Waals surface area contributed by atoms with E-state index < -0.39 is 0 Å². The number of hydrogen-bond donors (Lipinski definition) is 2. The van der Waals surface area contributed by atoms with Crippen molar-refractivity contribution in [3.05, 3.63) is 59.7 Å². The summed E-state index contributed by atoms with van der Waals surface area (Å²) in [6.45, 7) is 9.01. The summed E-state index contributed by atoms with van der Waals surface area (Å²) < 4.78 is 0. The van der Waals surface area contributed by atoms with Gasteiger partial charge in [0.1, 0.15) is 0 Å². The molecule has 0 aromatic heterocycles. The van der Waals surface area contributed by atoms with E-state index in [1.54, 1.807) is 24.3 Å². The van der Waals surface area contributed by atoms with E-state index in [2.05, 4.69) is 55.7 Å². The minimum absolute atomic E-state index is 0.0688. The van der Waals surface area contributed by atoms with Crippen LogP contribution in [0.5, 0.6) is 0 Å². The van der Waals surface area contributed by atoms with Crippen LogP contribution in [0.3, 0.4) is 0 Å². The lowest BCUT2D eigenvalue weighted by molar-refractivity contribution is -0.113. The Morgan fingerprint density at radius 3 is 2.12 bits per heavy atom. The minimum Gasteiger partial charge on any atom is -0.352 e. The Balaban J connectivity index is 1.86. The summed E-state index contributed by atoms with van der Waals surface area (Å²) >= 11 is 1.51. The van der Waals surface area contributed by atoms with Gasteiger partial charge in [-0.05, 0) is 54.3 Å². The standard InChI is InChI=1S/C21H26N2O2S/c1-5-22-20(25)15-6-10-17(11-7-15)23-19(24)14-26-18-12-8-16(9-13-18)21(2,3)4/h6-13H,5,14H2,1-4H3,(H,22,25)(H,23,24). The number of carbonyl (C=O) groups excluding carboxylic acids is 2. The smallest absolute Gasteiger partial charge is 0.251 e. The van der Waals surface area contributed by atoms with Gasteiger partial charge in [0.25, 0.3) is 5.91 Å². The molecule has 2 amide bonds. The van der Waals surface area contributed by atoms with E-state index in [1.165, 1.54) is 17.3 Å². The molecule has 0 saturated carbocycles. The van der Waals surface area contributed by atoms with Gasteiger partial charge in [-0.25, -0.2) is 0 Å². The second-order valence-electron chi connectivity index (χ2n) is 7.05. The number of carbonyl (C=O) groups is 2. The first-order valence-corrected chi connectivity index (χ1v) is 9.69. The second-order valence-corrected chi connectivity index (χ2v) is 8.10. The van der Waals surface area contributed by atoms with E-state index in [9.17, 15) is 9.59 Å². The fourth-order valence-electron chi connectivity index (χ4n) is 2.36. The summed E-state index contributed by atoms with van der Waals surface area (Å²) in [6.07, 6.45) is 0. The molecule has 0 saturated heterocycles. The molecule has 2 rings (SSSR count). The molecule has 2 aromatic carbocycles. The molecule has 26 heavy (non-hydrogen) atoms. The minimum atomic E-state index is -0.111. The summed E-state index contributed by atoms with van der Waals surface area (Å²) in [5.74, 6) is 0.160. The van der Waals surface area contributed by atoms with Gasteiger partial charge >= 0.3 is 0 Å². The first-order valence-electron chi connectivity index (χ1n) is 8.71. The molecule has 0 aliphatic carbocycles. The molecule has 0 unspecified atom stereocenters. The van der Waals surface area contributed by atoms with Crippen LogP contribution in [-0.2, 0) is 10.2 Å². The van der Waals surface area contributed by atoms with Crippen LogP contribution in [0, 0.1) is 0 Å². The molecule has 0 aliphatic heterocycles. The normalized spacial score (nSPS) is 11.1. The lowest BCUT2D eigenvalue weighted by Gasteiger charge is -2.19. The second kappa shape index (κ2) is 8.90. The van der Waals surface area contributed by atoms with Crippen molar-refractivity contribution in [2.45, 2.75) is 38.0 Å². The van der Waals surface area contributed by atoms with Crippen LogP contribution < -0.4 is 10.6 Å². The van der Waals surface area contributed by atoms with Gasteiger partial charge in [0, 0.05) is 22.7 Å². The Hall–Kier alpha value is -2.27. The van der Waals surface area contributed by atoms with Crippen LogP contribution in [0.4, 0.5) is 5.69 Å². The van der Waals surface area contributed by atoms with Crippen LogP contribution in [0.25, 0.3) is 0 Å². The third-order valence-corrected chi connectivity index (χ3v) is 4.87. The van der Waals surface area contributed by atoms with Crippen molar-refractivity contribution in [1.29, 1.82) is 0 Å². The van der Waals surface area contributed by atoms with E-state index in [-0.39, 0.29) is 17.2 Å². The van der Waals surface area contributed by atoms with Crippen LogP contribution >= 0.6 is 11.8 Å². The molecule has 138 valence electrons. The van der Waals surface area contributed by atoms with Crippen LogP contribution in [0.15, 0.2) is 53.4 Å². The van der Waals surface area contributed by atoms with Crippen molar-refractivity contribution < 1.29 is 9.59 Å². The predicted molar refractivity (Wildman–Crippen MR) is 109 cm³/mol. The third kappa shape index (κ3) is 5.92. The maximum atomic E-state index is 12.1. The Morgan fingerprint density at radius 2 is 1.58 bits per heavy atom. The van der Waals surface area contributed by atoms with E-state index in [0.29, 0.717) is 23.5 Å². The van der Waals surface area contributed by atoms with Gasteiger partial charge < -0.3 is 10.6 Å². The number of nitrogens with one attached hydrogen (secondary N) is 2. The molecule has 2 aromatic rings. The van der Waals surface area contributed by atoms with Gasteiger partial charge in [0.05, 0.1) is 5.75 Å². The molecule has 4 nitrogen and oxygen atoms in total. The Morgan fingerprint density at radius 1 is 0.962 bits per heavy atom. The third-order valence-electron chi connectivity index (χ3n) is 3.86. The molecular weight excluding hydrogens is 344 g/mol. The summed E-state index contributed by atoms with van der Waals surface area (Å²) in [6, 6.07) is 15.2. The largest absolute Gasteiger partial charge is 0.352 e. The maximum Gasteiger partial charge on any atom is 0.251 e. The summed E-state index contributed by atoms with van der Waals surface area (Å²) in [5, 5.41) is 5.60. The molecule has 0 spiro atoms. The molecule has 5 heteroatoms. The molecule has 0 aliphatic rings. The van der Waals surface area contributed by atoms with Gasteiger partial charge in [0.15, 0.2) is 0 Å². The lowest BCUT2D eigenvalue weighted by atomic mass is 9.87. The van der Waals surface area contributed by atoms with Gasteiger partial charge in [0.2, 0.25) is 5.91 Å². The summed E-state index contributed by atoms with van der Waals surface area (Å²) in [4.78, 5) is 24.9. The predicted octanol–water partition coefficient (Wildman–Crippen LogP) is 4.46. The van der Waals surface area contributed by atoms with E-state index >= 15 is 0 Å². The molecule has 0 radical (unpaired) electrons. The van der Waals surface area contributed by atoms with E-state index in [4.69, 9.17) is 0 Å². The highest BCUT2D eigenvalue weighted by Gasteiger charge is 2.13. The van der Waals surface area contributed by atoms with Crippen molar-refractivity contribution in [1.82, 2.24) is 5.32 Å². The molecule has 0 heterocycles. The Bertz CT molecular complexity index is 747. The van der Waals surface area contributed by atoms with Crippen molar-refractivity contribution in [3.63, 3.8) is 0 Å². The molecule has 0 atom stereocenters. The Labute approximate surface area is 159 Å². The average Bonchev–Trinajstić information content (AvgIpc) is 2.60. The van der Waals surface area contributed by atoms with E-state index in [1.807, 2.05) is 6.92 Å². The number of amides is 2. The molecule has 0 fully saturated rings. The number of hydrogen-bond acceptors (Lipinski definition) is 3. The number of thioether (sulfide) groups is 1. The van der Waals surface area contributed by atoms with Crippen molar-refractivity contribution in [3.8, 4) is 0 Å². The zero-order valence-electron chi connectivity index (χ0n) is 15.8. The average molecular weight is 371 g/mol. The maximum absolute atomic E-state index is 12.1. The number of anilines is 1. The molecular formula is C21H26N2O2S. The highest BCUT2D eigenvalue weighted by atomic mass is 32.2. The lowest BCUT2D eigenvalue weighted by Crippen LogP contribution is -2.22. The fourth-order valence-corrected chi connectivity index (χ4v) is 3.06. The molecule has 2 N–H and O–H groups in total. The van der Waals surface area contributed by atoms with Crippen LogP contribution in [0.1, 0.15) is 43.6 Å². The monoisotopic (exact) mass is 370 g/mol. The van der Waals surface area contributed by atoms with Gasteiger partial charge in [-0.15, -0.1) is 11.8 Å². The van der Waals surface area contributed by atoms with Gasteiger partial charge in [-0.3, -0.25) is 9.59 Å². The van der Waals surface area contributed by atoms with Gasteiger partial charge in [-0.2, -0.15) is 0 Å². The van der Waals surface area contributed by atoms with Crippen LogP contribution in [-0.4, -0.2) is 24.1 Å². The fraction of sp³-hybridized carbons (Fsp3) is 0.333. The SMILES string of the molecule is CCNC(=O)c1ccc(NC(=O)CSc2ccc(C(C)(C)C)cc2)cc1. The molecule has 0 bridgehead atoms. The first kappa shape index (κ1) is 20.0. The Kier molecular flexibility index (Phi) is 6.86. The topological polar surface area (TPSA) is 58.2 Å². The van der Waals surface area contributed by atoms with Crippen molar-refractivity contribution >= 4 is 29.3 Å². The summed E-state index contributed by atoms with van der Waals surface area (Å²) in [5.41, 5.74) is 2.67. The van der Waals surface area contributed by atoms with Crippen LogP contribution in [0.2, 0.25) is 0 Å². The number of rotatable bonds is 6. The quantitative estimate of drug-likeness (QED) is 0.738. The van der Waals surface area contributed by atoms with E-state index in [0.717, 1.165) is 4.90 Å². The summed E-state index contributed by atoms with van der Waals surface area (Å²) in [7, 11) is 0. The van der Waals surface area contributed by atoms with Gasteiger partial charge in [-0.1, -0.05) is 32.9 Å². The van der Waals surface area contributed by atoms with Crippen molar-refractivity contribution in [2.24, 2.45) is 0 Å².